The average Bonchev–Trinajstić information content (AvgIpc) is 2.22. The molecule has 0 saturated heterocycles. The Hall–Kier alpha value is -1.02. The minimum Gasteiger partial charge on any atom is -0.508 e. The quantitative estimate of drug-likeness (QED) is 0.731. The van der Waals surface area contributed by atoms with Gasteiger partial charge < -0.3 is 5.11 Å². The zero-order chi connectivity index (χ0) is 10.6. The highest BCUT2D eigenvalue weighted by Gasteiger charge is 2.24. The third-order valence-corrected chi connectivity index (χ3v) is 3.19. The highest BCUT2D eigenvalue weighted by Crippen LogP contribution is 2.26. The topological polar surface area (TPSA) is 20.2 Å². The molecule has 1 N–H and O–H groups in total. The minimum atomic E-state index is 0.361. The molecule has 78 valence electrons. The van der Waals surface area contributed by atoms with Crippen molar-refractivity contribution in [3.05, 3.63) is 24.3 Å². The number of phenolic OH excluding ortho intramolecular Hbond substituents is 1. The summed E-state index contributed by atoms with van der Waals surface area (Å²) in [5, 5.41) is 9.45. The number of quaternary nitrogens is 1. The van der Waals surface area contributed by atoms with Gasteiger partial charge in [0.25, 0.3) is 0 Å². The Morgan fingerprint density at radius 2 is 1.64 bits per heavy atom. The minimum absolute atomic E-state index is 0.361. The Bertz CT molecular complexity index is 284. The van der Waals surface area contributed by atoms with Crippen LogP contribution in [0.5, 0.6) is 5.75 Å². The summed E-state index contributed by atoms with van der Waals surface area (Å²) in [4.78, 5) is 0. The maximum atomic E-state index is 9.45. The summed E-state index contributed by atoms with van der Waals surface area (Å²) < 4.78 is 0.939. The second-order valence-electron chi connectivity index (χ2n) is 3.61. The van der Waals surface area contributed by atoms with Crippen molar-refractivity contribution in [2.45, 2.75) is 20.8 Å². The number of phenols is 1. The summed E-state index contributed by atoms with van der Waals surface area (Å²) in [5.41, 5.74) is 1.21. The fourth-order valence-corrected chi connectivity index (χ4v) is 2.01. The predicted octanol–water partition coefficient (Wildman–Crippen LogP) is 2.76. The van der Waals surface area contributed by atoms with Crippen LogP contribution in [0.3, 0.4) is 0 Å². The van der Waals surface area contributed by atoms with Crippen molar-refractivity contribution in [2.75, 3.05) is 19.6 Å². The van der Waals surface area contributed by atoms with Crippen LogP contribution in [0, 0.1) is 0 Å². The maximum absolute atomic E-state index is 9.45. The van der Waals surface area contributed by atoms with Crippen LogP contribution in [0.25, 0.3) is 0 Å². The van der Waals surface area contributed by atoms with Crippen molar-refractivity contribution in [3.63, 3.8) is 0 Å². The fourth-order valence-electron chi connectivity index (χ4n) is 2.01. The van der Waals surface area contributed by atoms with Gasteiger partial charge >= 0.3 is 0 Å². The first-order valence-corrected chi connectivity index (χ1v) is 5.34. The number of hydrogen-bond acceptors (Lipinski definition) is 1. The predicted molar refractivity (Wildman–Crippen MR) is 61.5 cm³/mol. The van der Waals surface area contributed by atoms with Gasteiger partial charge in [0.05, 0.1) is 19.6 Å². The normalized spacial score (nSPS) is 11.6. The molecule has 0 bridgehead atoms. The molecule has 1 rings (SSSR count). The smallest absolute Gasteiger partial charge is 0.136 e. The molecule has 14 heavy (non-hydrogen) atoms. The van der Waals surface area contributed by atoms with Gasteiger partial charge in [-0.15, -0.1) is 0 Å². The van der Waals surface area contributed by atoms with Gasteiger partial charge in [-0.1, -0.05) is 6.07 Å². The van der Waals surface area contributed by atoms with E-state index in [9.17, 15) is 5.11 Å². The average molecular weight is 194 g/mol. The number of nitrogens with zero attached hydrogens (tertiary/aromatic N) is 1. The molecule has 0 aliphatic heterocycles. The molecule has 0 radical (unpaired) electrons. The summed E-state index contributed by atoms with van der Waals surface area (Å²) in [6.07, 6.45) is 0. The van der Waals surface area contributed by atoms with Crippen molar-refractivity contribution in [2.24, 2.45) is 0 Å². The van der Waals surface area contributed by atoms with Gasteiger partial charge in [-0.25, -0.2) is 0 Å². The number of benzene rings is 1. The van der Waals surface area contributed by atoms with Gasteiger partial charge in [0, 0.05) is 6.07 Å². The molecule has 0 spiro atoms. The molecule has 0 aliphatic rings. The molecule has 2 nitrogen and oxygen atoms in total. The standard InChI is InChI=1S/C12H19NO/c1-4-13(5-2,6-3)11-8-7-9-12(14)10-11/h7-10H,4-6H2,1-3H3/p+1. The number of rotatable bonds is 4. The Kier molecular flexibility index (Phi) is 3.53. The van der Waals surface area contributed by atoms with E-state index in [1.165, 1.54) is 5.69 Å². The van der Waals surface area contributed by atoms with Gasteiger partial charge in [0.15, 0.2) is 0 Å². The molecule has 0 aromatic heterocycles. The fraction of sp³-hybridized carbons (Fsp3) is 0.500. The molecule has 0 saturated carbocycles. The number of aromatic hydroxyl groups is 1. The van der Waals surface area contributed by atoms with Gasteiger partial charge in [0.2, 0.25) is 0 Å². The molecular weight excluding hydrogens is 174 g/mol. The van der Waals surface area contributed by atoms with Crippen LogP contribution < -0.4 is 4.48 Å². The summed E-state index contributed by atoms with van der Waals surface area (Å²) in [6.45, 7) is 9.77. The van der Waals surface area contributed by atoms with Crippen LogP contribution in [0.1, 0.15) is 20.8 Å². The van der Waals surface area contributed by atoms with Gasteiger partial charge in [0.1, 0.15) is 11.4 Å². The van der Waals surface area contributed by atoms with E-state index < -0.39 is 0 Å². The molecule has 1 aromatic rings. The molecule has 1 aromatic carbocycles. The zero-order valence-electron chi connectivity index (χ0n) is 9.33. The van der Waals surface area contributed by atoms with Gasteiger partial charge in [-0.05, 0) is 32.9 Å². The lowest BCUT2D eigenvalue weighted by Gasteiger charge is -2.35. The van der Waals surface area contributed by atoms with E-state index in [0.29, 0.717) is 5.75 Å². The highest BCUT2D eigenvalue weighted by atomic mass is 16.3. The molecule has 2 heteroatoms. The Morgan fingerprint density at radius 3 is 2.07 bits per heavy atom. The van der Waals surface area contributed by atoms with Crippen LogP contribution >= 0.6 is 0 Å². The molecule has 0 unspecified atom stereocenters. The van der Waals surface area contributed by atoms with Crippen molar-refractivity contribution < 1.29 is 5.11 Å². The van der Waals surface area contributed by atoms with E-state index in [-0.39, 0.29) is 0 Å². The Labute approximate surface area is 86.4 Å². The van der Waals surface area contributed by atoms with Crippen LogP contribution in [-0.4, -0.2) is 24.7 Å². The van der Waals surface area contributed by atoms with Crippen molar-refractivity contribution in [1.29, 1.82) is 0 Å². The third-order valence-electron chi connectivity index (χ3n) is 3.19. The van der Waals surface area contributed by atoms with Gasteiger partial charge in [-0.2, -0.15) is 0 Å². The SMILES string of the molecule is CC[N+](CC)(CC)c1cccc(O)c1. The lowest BCUT2D eigenvalue weighted by atomic mass is 10.2. The summed E-state index contributed by atoms with van der Waals surface area (Å²) in [7, 11) is 0. The second-order valence-corrected chi connectivity index (χ2v) is 3.61. The largest absolute Gasteiger partial charge is 0.508 e. The highest BCUT2D eigenvalue weighted by molar-refractivity contribution is 5.47. The second kappa shape index (κ2) is 4.47. The van der Waals surface area contributed by atoms with Crippen molar-refractivity contribution in [3.8, 4) is 5.75 Å². The number of hydrogen-bond donors (Lipinski definition) is 1. The summed E-state index contributed by atoms with van der Waals surface area (Å²) >= 11 is 0. The Balaban J connectivity index is 3.10. The Morgan fingerprint density at radius 1 is 1.07 bits per heavy atom. The first-order chi connectivity index (χ1) is 6.68. The maximum Gasteiger partial charge on any atom is 0.136 e. The lowest BCUT2D eigenvalue weighted by Crippen LogP contribution is -2.48. The van der Waals surface area contributed by atoms with E-state index in [0.717, 1.165) is 24.1 Å². The zero-order valence-corrected chi connectivity index (χ0v) is 9.33. The summed E-state index contributed by atoms with van der Waals surface area (Å²) in [5.74, 6) is 0.361. The van der Waals surface area contributed by atoms with E-state index in [4.69, 9.17) is 0 Å². The van der Waals surface area contributed by atoms with Crippen LogP contribution in [0.4, 0.5) is 5.69 Å². The molecular formula is C12H20NO+. The van der Waals surface area contributed by atoms with Gasteiger partial charge in [-0.3, -0.25) is 4.48 Å². The first-order valence-electron chi connectivity index (χ1n) is 5.34. The van der Waals surface area contributed by atoms with Crippen molar-refractivity contribution >= 4 is 5.69 Å². The third kappa shape index (κ3) is 1.90. The lowest BCUT2D eigenvalue weighted by molar-refractivity contribution is 0.314. The monoisotopic (exact) mass is 194 g/mol. The van der Waals surface area contributed by atoms with Crippen LogP contribution in [0.2, 0.25) is 0 Å². The molecule has 0 heterocycles. The molecule has 0 fully saturated rings. The van der Waals surface area contributed by atoms with Crippen LogP contribution in [0.15, 0.2) is 24.3 Å². The van der Waals surface area contributed by atoms with Crippen molar-refractivity contribution in [1.82, 2.24) is 4.48 Å². The molecule has 0 atom stereocenters. The van der Waals surface area contributed by atoms with E-state index in [2.05, 4.69) is 26.8 Å². The van der Waals surface area contributed by atoms with Crippen LogP contribution in [-0.2, 0) is 0 Å². The molecule has 0 aliphatic carbocycles. The van der Waals surface area contributed by atoms with E-state index in [1.807, 2.05) is 12.1 Å². The van der Waals surface area contributed by atoms with E-state index in [1.54, 1.807) is 6.07 Å². The summed E-state index contributed by atoms with van der Waals surface area (Å²) in [6, 6.07) is 7.60. The first kappa shape index (κ1) is 11.1. The van der Waals surface area contributed by atoms with E-state index >= 15 is 0 Å². The molecule has 0 amide bonds.